The van der Waals surface area contributed by atoms with Crippen molar-refractivity contribution in [1.82, 2.24) is 4.31 Å². The number of ether oxygens (including phenoxy) is 1. The van der Waals surface area contributed by atoms with Gasteiger partial charge in [0.1, 0.15) is 6.23 Å². The van der Waals surface area contributed by atoms with E-state index >= 15 is 0 Å². The molecule has 1 aliphatic rings. The average Bonchev–Trinajstić information content (AvgIpc) is 2.40. The molecule has 1 atom stereocenters. The van der Waals surface area contributed by atoms with E-state index in [1.807, 2.05) is 26.0 Å². The minimum Gasteiger partial charge on any atom is -0.362 e. The third kappa shape index (κ3) is 3.16. The molecule has 0 saturated carbocycles. The molecule has 1 unspecified atom stereocenters. The second-order valence-corrected chi connectivity index (χ2v) is 6.73. The fraction of sp³-hybridized carbons (Fsp3) is 0.571. The Kier molecular flexibility index (Phi) is 4.60. The molecule has 4 nitrogen and oxygen atoms in total. The zero-order valence-electron chi connectivity index (χ0n) is 11.5. The highest BCUT2D eigenvalue weighted by Crippen LogP contribution is 2.26. The number of piperidine rings is 1. The van der Waals surface area contributed by atoms with Crippen LogP contribution in [0.3, 0.4) is 0 Å². The summed E-state index contributed by atoms with van der Waals surface area (Å²) in [4.78, 5) is 0.352. The van der Waals surface area contributed by atoms with Crippen molar-refractivity contribution < 1.29 is 13.2 Å². The molecular formula is C14H21NO3S. The number of sulfonamides is 1. The van der Waals surface area contributed by atoms with Crippen molar-refractivity contribution in [1.29, 1.82) is 0 Å². The van der Waals surface area contributed by atoms with Gasteiger partial charge in [-0.1, -0.05) is 17.7 Å². The minimum absolute atomic E-state index is 0.315. The highest BCUT2D eigenvalue weighted by Gasteiger charge is 2.33. The largest absolute Gasteiger partial charge is 0.362 e. The van der Waals surface area contributed by atoms with Crippen LogP contribution in [0.4, 0.5) is 0 Å². The van der Waals surface area contributed by atoms with Gasteiger partial charge >= 0.3 is 0 Å². The Bertz CT molecular complexity index is 508. The predicted molar refractivity (Wildman–Crippen MR) is 74.3 cm³/mol. The van der Waals surface area contributed by atoms with Gasteiger partial charge in [0.2, 0.25) is 10.0 Å². The van der Waals surface area contributed by atoms with Crippen LogP contribution in [-0.2, 0) is 14.8 Å². The quantitative estimate of drug-likeness (QED) is 0.853. The van der Waals surface area contributed by atoms with Gasteiger partial charge in [0, 0.05) is 13.2 Å². The Morgan fingerprint density at radius 3 is 2.58 bits per heavy atom. The van der Waals surface area contributed by atoms with Gasteiger partial charge in [-0.05, 0) is 45.2 Å². The van der Waals surface area contributed by atoms with E-state index in [-0.39, 0.29) is 6.23 Å². The maximum absolute atomic E-state index is 12.6. The van der Waals surface area contributed by atoms with E-state index in [0.717, 1.165) is 24.8 Å². The molecule has 0 N–H and O–H groups in total. The molecule has 1 fully saturated rings. The van der Waals surface area contributed by atoms with Crippen LogP contribution in [0.15, 0.2) is 29.2 Å². The summed E-state index contributed by atoms with van der Waals surface area (Å²) in [5, 5.41) is 0. The Hall–Kier alpha value is -0.910. The SMILES string of the molecule is CCOC1CCCCN1S(=O)(=O)c1ccc(C)cc1. The summed E-state index contributed by atoms with van der Waals surface area (Å²) in [5.41, 5.74) is 1.05. The van der Waals surface area contributed by atoms with Crippen molar-refractivity contribution >= 4 is 10.0 Å². The molecular weight excluding hydrogens is 262 g/mol. The van der Waals surface area contributed by atoms with Crippen LogP contribution in [0.25, 0.3) is 0 Å². The third-order valence-electron chi connectivity index (χ3n) is 3.39. The standard InChI is InChI=1S/C14H21NO3S/c1-3-18-14-6-4-5-11-15(14)19(16,17)13-9-7-12(2)8-10-13/h7-10,14H,3-6,11H2,1-2H3. The lowest BCUT2D eigenvalue weighted by Crippen LogP contribution is -2.45. The van der Waals surface area contributed by atoms with E-state index in [2.05, 4.69) is 0 Å². The number of nitrogens with zero attached hydrogens (tertiary/aromatic N) is 1. The van der Waals surface area contributed by atoms with E-state index in [1.165, 1.54) is 4.31 Å². The summed E-state index contributed by atoms with van der Waals surface area (Å²) in [6, 6.07) is 6.99. The van der Waals surface area contributed by atoms with Crippen LogP contribution in [0.1, 0.15) is 31.7 Å². The van der Waals surface area contributed by atoms with Crippen LogP contribution < -0.4 is 0 Å². The third-order valence-corrected chi connectivity index (χ3v) is 5.29. The minimum atomic E-state index is -3.44. The van der Waals surface area contributed by atoms with Crippen LogP contribution in [-0.4, -0.2) is 32.1 Å². The lowest BCUT2D eigenvalue weighted by molar-refractivity contribution is -0.0330. The average molecular weight is 283 g/mol. The Balaban J connectivity index is 2.28. The van der Waals surface area contributed by atoms with Crippen LogP contribution in [0.5, 0.6) is 0 Å². The Morgan fingerprint density at radius 1 is 1.26 bits per heavy atom. The first kappa shape index (κ1) is 14.5. The maximum Gasteiger partial charge on any atom is 0.245 e. The molecule has 1 heterocycles. The molecule has 0 bridgehead atoms. The summed E-state index contributed by atoms with van der Waals surface area (Å²) in [7, 11) is -3.44. The van der Waals surface area contributed by atoms with Crippen molar-refractivity contribution in [3.05, 3.63) is 29.8 Å². The number of aryl methyl sites for hydroxylation is 1. The second kappa shape index (κ2) is 6.03. The molecule has 1 aliphatic heterocycles. The lowest BCUT2D eigenvalue weighted by atomic mass is 10.1. The van der Waals surface area contributed by atoms with Gasteiger partial charge in [-0.15, -0.1) is 0 Å². The van der Waals surface area contributed by atoms with E-state index in [9.17, 15) is 8.42 Å². The molecule has 1 saturated heterocycles. The van der Waals surface area contributed by atoms with Gasteiger partial charge in [0.25, 0.3) is 0 Å². The molecule has 106 valence electrons. The molecule has 1 aromatic carbocycles. The van der Waals surface area contributed by atoms with Gasteiger partial charge in [-0.25, -0.2) is 8.42 Å². The van der Waals surface area contributed by atoms with E-state index in [4.69, 9.17) is 4.74 Å². The van der Waals surface area contributed by atoms with Gasteiger partial charge in [0.15, 0.2) is 0 Å². The van der Waals surface area contributed by atoms with Gasteiger partial charge < -0.3 is 4.74 Å². The molecule has 0 aromatic heterocycles. The first-order valence-electron chi connectivity index (χ1n) is 6.76. The lowest BCUT2D eigenvalue weighted by Gasteiger charge is -2.34. The normalized spacial score (nSPS) is 21.5. The second-order valence-electron chi connectivity index (χ2n) is 4.83. The van der Waals surface area contributed by atoms with Crippen LogP contribution in [0, 0.1) is 6.92 Å². The van der Waals surface area contributed by atoms with Gasteiger partial charge in [-0.2, -0.15) is 4.31 Å². The fourth-order valence-corrected chi connectivity index (χ4v) is 3.95. The number of rotatable bonds is 4. The first-order chi connectivity index (χ1) is 9.05. The highest BCUT2D eigenvalue weighted by molar-refractivity contribution is 7.89. The van der Waals surface area contributed by atoms with Crippen LogP contribution in [0.2, 0.25) is 0 Å². The summed E-state index contributed by atoms with van der Waals surface area (Å²) in [5.74, 6) is 0. The molecule has 19 heavy (non-hydrogen) atoms. The zero-order valence-corrected chi connectivity index (χ0v) is 12.3. The monoisotopic (exact) mass is 283 g/mol. The number of benzene rings is 1. The molecule has 5 heteroatoms. The van der Waals surface area contributed by atoms with E-state index in [0.29, 0.717) is 18.0 Å². The molecule has 1 aromatic rings. The van der Waals surface area contributed by atoms with Gasteiger partial charge in [-0.3, -0.25) is 0 Å². The maximum atomic E-state index is 12.6. The van der Waals surface area contributed by atoms with Gasteiger partial charge in [0.05, 0.1) is 4.90 Å². The molecule has 0 radical (unpaired) electrons. The van der Waals surface area contributed by atoms with Crippen molar-refractivity contribution in [2.45, 2.75) is 44.2 Å². The number of hydrogen-bond donors (Lipinski definition) is 0. The summed E-state index contributed by atoms with van der Waals surface area (Å²) >= 11 is 0. The van der Waals surface area contributed by atoms with Crippen molar-refractivity contribution in [2.24, 2.45) is 0 Å². The topological polar surface area (TPSA) is 46.6 Å². The highest BCUT2D eigenvalue weighted by atomic mass is 32.2. The van der Waals surface area contributed by atoms with Crippen molar-refractivity contribution in [2.75, 3.05) is 13.2 Å². The Labute approximate surface area is 115 Å². The fourth-order valence-electron chi connectivity index (χ4n) is 2.35. The van der Waals surface area contributed by atoms with Crippen LogP contribution >= 0.6 is 0 Å². The summed E-state index contributed by atoms with van der Waals surface area (Å²) < 4.78 is 32.3. The Morgan fingerprint density at radius 2 is 1.95 bits per heavy atom. The number of hydrogen-bond acceptors (Lipinski definition) is 3. The summed E-state index contributed by atoms with van der Waals surface area (Å²) in [6.45, 7) is 4.91. The first-order valence-corrected chi connectivity index (χ1v) is 8.20. The van der Waals surface area contributed by atoms with E-state index in [1.54, 1.807) is 12.1 Å². The smallest absolute Gasteiger partial charge is 0.245 e. The molecule has 0 aliphatic carbocycles. The summed E-state index contributed by atoms with van der Waals surface area (Å²) in [6.07, 6.45) is 2.38. The molecule has 2 rings (SSSR count). The predicted octanol–water partition coefficient (Wildman–Crippen LogP) is 2.53. The van der Waals surface area contributed by atoms with Crippen molar-refractivity contribution in [3.8, 4) is 0 Å². The zero-order chi connectivity index (χ0) is 13.9. The van der Waals surface area contributed by atoms with Crippen molar-refractivity contribution in [3.63, 3.8) is 0 Å². The molecule has 0 spiro atoms. The van der Waals surface area contributed by atoms with E-state index < -0.39 is 10.0 Å². The molecule has 0 amide bonds.